The SMILES string of the molecule is O=C1N=C(N2CCNCC(O)C2)SC1=Cc1ccc2c(cnn2Cc2ccc(Cl)cc2C(F)(F)F)c1. The summed E-state index contributed by atoms with van der Waals surface area (Å²) < 4.78 is 41.9. The minimum absolute atomic E-state index is 0.0178. The molecule has 2 aromatic carbocycles. The minimum Gasteiger partial charge on any atom is -0.390 e. The van der Waals surface area contributed by atoms with Crippen LogP contribution in [-0.4, -0.2) is 63.1 Å². The van der Waals surface area contributed by atoms with Crippen LogP contribution < -0.4 is 5.32 Å². The number of fused-ring (bicyclic) bond motifs is 1. The van der Waals surface area contributed by atoms with Crippen molar-refractivity contribution < 1.29 is 23.1 Å². The van der Waals surface area contributed by atoms with E-state index in [0.717, 1.165) is 17.0 Å². The fourth-order valence-electron chi connectivity index (χ4n) is 4.18. The van der Waals surface area contributed by atoms with Crippen molar-refractivity contribution in [1.82, 2.24) is 20.0 Å². The highest BCUT2D eigenvalue weighted by atomic mass is 35.5. The zero-order valence-electron chi connectivity index (χ0n) is 18.8. The van der Waals surface area contributed by atoms with Crippen molar-refractivity contribution in [1.29, 1.82) is 0 Å². The van der Waals surface area contributed by atoms with Gasteiger partial charge in [-0.3, -0.25) is 9.48 Å². The number of carbonyl (C=O) groups is 1. The van der Waals surface area contributed by atoms with Gasteiger partial charge in [0.2, 0.25) is 0 Å². The number of alkyl halides is 3. The fourth-order valence-corrected chi connectivity index (χ4v) is 5.30. The number of nitrogens with zero attached hydrogens (tertiary/aromatic N) is 4. The van der Waals surface area contributed by atoms with Crippen LogP contribution in [0.15, 0.2) is 52.5 Å². The Morgan fingerprint density at radius 1 is 1.25 bits per heavy atom. The molecule has 2 aliphatic heterocycles. The number of nitrogens with one attached hydrogen (secondary N) is 1. The molecule has 1 unspecified atom stereocenters. The molecule has 2 aliphatic rings. The van der Waals surface area contributed by atoms with E-state index in [0.29, 0.717) is 41.8 Å². The zero-order valence-corrected chi connectivity index (χ0v) is 20.4. The number of carbonyl (C=O) groups excluding carboxylic acids is 1. The quantitative estimate of drug-likeness (QED) is 0.494. The number of β-amino-alcohol motifs (C(OH)–C–C–N with tert-alkyl or cyclic N) is 1. The first-order valence-electron chi connectivity index (χ1n) is 11.1. The Kier molecular flexibility index (Phi) is 6.82. The number of aromatic nitrogens is 2. The van der Waals surface area contributed by atoms with Crippen molar-refractivity contribution in [3.05, 3.63) is 69.2 Å². The Bertz CT molecular complexity index is 1390. The summed E-state index contributed by atoms with van der Waals surface area (Å²) in [5, 5.41) is 18.7. The molecule has 1 saturated heterocycles. The first-order chi connectivity index (χ1) is 17.2. The van der Waals surface area contributed by atoms with Gasteiger partial charge in [0.15, 0.2) is 5.17 Å². The van der Waals surface area contributed by atoms with E-state index in [2.05, 4.69) is 15.4 Å². The van der Waals surface area contributed by atoms with Crippen molar-refractivity contribution in [2.75, 3.05) is 26.2 Å². The second kappa shape index (κ2) is 9.89. The number of hydrogen-bond donors (Lipinski definition) is 2. The van der Waals surface area contributed by atoms with E-state index in [4.69, 9.17) is 11.6 Å². The molecular weight excluding hydrogens is 515 g/mol. The minimum atomic E-state index is -4.53. The van der Waals surface area contributed by atoms with Crippen molar-refractivity contribution in [3.63, 3.8) is 0 Å². The monoisotopic (exact) mass is 535 g/mol. The molecule has 1 fully saturated rings. The van der Waals surface area contributed by atoms with Crippen LogP contribution in [0.4, 0.5) is 13.2 Å². The Morgan fingerprint density at radius 3 is 2.89 bits per heavy atom. The summed E-state index contributed by atoms with van der Waals surface area (Å²) in [6, 6.07) is 9.08. The lowest BCUT2D eigenvalue weighted by atomic mass is 10.1. The molecule has 0 aliphatic carbocycles. The van der Waals surface area contributed by atoms with E-state index in [-0.39, 0.29) is 23.0 Å². The lowest BCUT2D eigenvalue weighted by molar-refractivity contribution is -0.138. The van der Waals surface area contributed by atoms with Crippen molar-refractivity contribution in [3.8, 4) is 0 Å². The van der Waals surface area contributed by atoms with Crippen LogP contribution >= 0.6 is 23.4 Å². The molecule has 0 bridgehead atoms. The third-order valence-electron chi connectivity index (χ3n) is 5.91. The molecule has 1 atom stereocenters. The Balaban J connectivity index is 1.36. The van der Waals surface area contributed by atoms with E-state index >= 15 is 0 Å². The predicted molar refractivity (Wildman–Crippen MR) is 134 cm³/mol. The molecular formula is C24H21ClF3N5O2S. The molecule has 3 aromatic rings. The molecule has 3 heterocycles. The second-order valence-corrected chi connectivity index (χ2v) is 9.98. The van der Waals surface area contributed by atoms with E-state index in [1.807, 2.05) is 11.0 Å². The number of aliphatic imine (C=N–C) groups is 1. The lowest BCUT2D eigenvalue weighted by Gasteiger charge is -2.22. The second-order valence-electron chi connectivity index (χ2n) is 8.53. The standard InChI is InChI=1S/C24H21ClF3N5O2S/c25-17-3-2-15(19(9-17)24(26,27)28)12-33-20-4-1-14(7-16(20)10-30-33)8-21-22(35)31-23(36-21)32-6-5-29-11-18(34)13-32/h1-4,7-10,18,29,34H,5-6,11-13H2. The Morgan fingerprint density at radius 2 is 2.08 bits per heavy atom. The molecule has 7 nitrogen and oxygen atoms in total. The topological polar surface area (TPSA) is 82.8 Å². The molecule has 2 N–H and O–H groups in total. The molecule has 0 spiro atoms. The van der Waals surface area contributed by atoms with Gasteiger partial charge in [0, 0.05) is 36.6 Å². The fraction of sp³-hybridized carbons (Fsp3) is 0.292. The number of benzene rings is 2. The normalized spacial score (nSPS) is 20.3. The molecule has 12 heteroatoms. The molecule has 1 aromatic heterocycles. The van der Waals surface area contributed by atoms with Crippen LogP contribution in [0.2, 0.25) is 5.02 Å². The number of amidine groups is 1. The van der Waals surface area contributed by atoms with Gasteiger partial charge in [-0.15, -0.1) is 0 Å². The van der Waals surface area contributed by atoms with Crippen LogP contribution in [0.3, 0.4) is 0 Å². The maximum atomic E-state index is 13.5. The highest BCUT2D eigenvalue weighted by molar-refractivity contribution is 8.18. The van der Waals surface area contributed by atoms with E-state index in [9.17, 15) is 23.1 Å². The van der Waals surface area contributed by atoms with Crippen LogP contribution in [0, 0.1) is 0 Å². The Labute approximate surface area is 213 Å². The van der Waals surface area contributed by atoms with Gasteiger partial charge in [-0.1, -0.05) is 23.7 Å². The summed E-state index contributed by atoms with van der Waals surface area (Å²) in [5.41, 5.74) is 0.679. The zero-order chi connectivity index (χ0) is 25.4. The summed E-state index contributed by atoms with van der Waals surface area (Å²) >= 11 is 7.04. The number of hydrogen-bond acceptors (Lipinski definition) is 6. The maximum Gasteiger partial charge on any atom is 0.416 e. The maximum absolute atomic E-state index is 13.5. The molecule has 1 amide bonds. The summed E-state index contributed by atoms with van der Waals surface area (Å²) in [7, 11) is 0. The number of aliphatic hydroxyl groups excluding tert-OH is 1. The van der Waals surface area contributed by atoms with Crippen molar-refractivity contribution >= 4 is 51.4 Å². The van der Waals surface area contributed by atoms with Crippen LogP contribution in [0.1, 0.15) is 16.7 Å². The summed E-state index contributed by atoms with van der Waals surface area (Å²) in [4.78, 5) is 19.0. The first-order valence-corrected chi connectivity index (χ1v) is 12.3. The van der Waals surface area contributed by atoms with Gasteiger partial charge < -0.3 is 15.3 Å². The smallest absolute Gasteiger partial charge is 0.390 e. The lowest BCUT2D eigenvalue weighted by Crippen LogP contribution is -2.35. The molecule has 36 heavy (non-hydrogen) atoms. The van der Waals surface area contributed by atoms with Gasteiger partial charge in [0.05, 0.1) is 34.8 Å². The average molecular weight is 536 g/mol. The van der Waals surface area contributed by atoms with E-state index < -0.39 is 17.8 Å². The van der Waals surface area contributed by atoms with Crippen LogP contribution in [-0.2, 0) is 17.5 Å². The van der Waals surface area contributed by atoms with Crippen molar-refractivity contribution in [2.24, 2.45) is 4.99 Å². The number of aliphatic hydroxyl groups is 1. The van der Waals surface area contributed by atoms with Crippen molar-refractivity contribution in [2.45, 2.75) is 18.8 Å². The van der Waals surface area contributed by atoms with Gasteiger partial charge in [0.1, 0.15) is 0 Å². The van der Waals surface area contributed by atoms with Gasteiger partial charge in [0.25, 0.3) is 5.91 Å². The van der Waals surface area contributed by atoms with Crippen LogP contribution in [0.5, 0.6) is 0 Å². The first kappa shape index (κ1) is 24.8. The van der Waals surface area contributed by atoms with Crippen LogP contribution in [0.25, 0.3) is 17.0 Å². The molecule has 0 radical (unpaired) electrons. The molecule has 0 saturated carbocycles. The third kappa shape index (κ3) is 5.29. The number of rotatable bonds is 3. The highest BCUT2D eigenvalue weighted by Gasteiger charge is 2.34. The van der Waals surface area contributed by atoms with Gasteiger partial charge in [-0.25, -0.2) is 0 Å². The highest BCUT2D eigenvalue weighted by Crippen LogP contribution is 2.35. The largest absolute Gasteiger partial charge is 0.416 e. The third-order valence-corrected chi connectivity index (χ3v) is 7.19. The Hall–Kier alpha value is -2.86. The average Bonchev–Trinajstić information content (AvgIpc) is 3.31. The molecule has 5 rings (SSSR count). The molecule has 188 valence electrons. The van der Waals surface area contributed by atoms with E-state index in [1.54, 1.807) is 24.4 Å². The number of thioether (sulfide) groups is 1. The van der Waals surface area contributed by atoms with Gasteiger partial charge in [-0.2, -0.15) is 23.3 Å². The number of amides is 1. The summed E-state index contributed by atoms with van der Waals surface area (Å²) in [6.07, 6.45) is -1.76. The summed E-state index contributed by atoms with van der Waals surface area (Å²) in [5.74, 6) is -0.347. The van der Waals surface area contributed by atoms with E-state index in [1.165, 1.54) is 28.6 Å². The van der Waals surface area contributed by atoms with Gasteiger partial charge >= 0.3 is 6.18 Å². The van der Waals surface area contributed by atoms with Gasteiger partial charge in [-0.05, 0) is 53.2 Å². The summed E-state index contributed by atoms with van der Waals surface area (Å²) in [6.45, 7) is 2.14. The number of halogens is 4. The predicted octanol–water partition coefficient (Wildman–Crippen LogP) is 3.99.